The second-order valence-electron chi connectivity index (χ2n) is 4.85. The topological polar surface area (TPSA) is 33.3 Å². The lowest BCUT2D eigenvalue weighted by Gasteiger charge is -2.25. The molecule has 2 rings (SSSR count). The summed E-state index contributed by atoms with van der Waals surface area (Å²) < 4.78 is 21.9. The molecule has 5 heteroatoms. The lowest BCUT2D eigenvalue weighted by atomic mass is 9.98. The number of alkyl halides is 1. The summed E-state index contributed by atoms with van der Waals surface area (Å²) in [7, 11) is 1.59. The first kappa shape index (κ1) is 16.1. The third-order valence-electron chi connectivity index (χ3n) is 3.53. The predicted octanol–water partition coefficient (Wildman–Crippen LogP) is 3.64. The van der Waals surface area contributed by atoms with Crippen LogP contribution >= 0.6 is 11.9 Å². The molecule has 0 bridgehead atoms. The Morgan fingerprint density at radius 1 is 1.52 bits per heavy atom. The minimum absolute atomic E-state index is 0.318. The van der Waals surface area contributed by atoms with Crippen LogP contribution in [0.1, 0.15) is 29.7 Å². The normalized spacial score (nSPS) is 20.8. The van der Waals surface area contributed by atoms with Crippen LogP contribution in [-0.2, 0) is 4.74 Å². The molecule has 0 aliphatic carbocycles. The Morgan fingerprint density at radius 2 is 2.29 bits per heavy atom. The van der Waals surface area contributed by atoms with Gasteiger partial charge in [-0.05, 0) is 29.2 Å². The molecule has 0 aromatic heterocycles. The molecule has 114 valence electrons. The Morgan fingerprint density at radius 3 is 2.81 bits per heavy atom. The van der Waals surface area contributed by atoms with Crippen molar-refractivity contribution in [3.05, 3.63) is 59.7 Å². The number of hydrogen-bond acceptors (Lipinski definition) is 4. The van der Waals surface area contributed by atoms with Gasteiger partial charge in [0.2, 0.25) is 0 Å². The van der Waals surface area contributed by atoms with Gasteiger partial charge in [-0.25, -0.2) is 4.39 Å². The van der Waals surface area contributed by atoms with Gasteiger partial charge in [0.25, 0.3) is 0 Å². The van der Waals surface area contributed by atoms with Crippen LogP contribution in [0.25, 0.3) is 0 Å². The van der Waals surface area contributed by atoms with E-state index in [1.54, 1.807) is 19.1 Å². The molecule has 2 N–H and O–H groups in total. The van der Waals surface area contributed by atoms with Gasteiger partial charge in [-0.2, -0.15) is 0 Å². The number of halogens is 1. The van der Waals surface area contributed by atoms with Crippen LogP contribution < -0.4 is 10.0 Å². The van der Waals surface area contributed by atoms with Gasteiger partial charge in [-0.15, -0.1) is 0 Å². The molecule has 1 aromatic carbocycles. The number of ether oxygens (including phenoxy) is 1. The minimum Gasteiger partial charge on any atom is -0.383 e. The summed E-state index contributed by atoms with van der Waals surface area (Å²) in [4.78, 5) is 0. The minimum atomic E-state index is -0.516. The van der Waals surface area contributed by atoms with Crippen molar-refractivity contribution in [1.29, 1.82) is 0 Å². The molecule has 1 aliphatic heterocycles. The monoisotopic (exact) mass is 308 g/mol. The second kappa shape index (κ2) is 8.22. The van der Waals surface area contributed by atoms with Crippen LogP contribution in [0, 0.1) is 0 Å². The maximum absolute atomic E-state index is 13.1. The molecule has 0 radical (unpaired) electrons. The van der Waals surface area contributed by atoms with Gasteiger partial charge < -0.3 is 10.1 Å². The summed E-state index contributed by atoms with van der Waals surface area (Å²) in [5.41, 5.74) is 2.18. The Labute approximate surface area is 129 Å². The third kappa shape index (κ3) is 4.09. The number of hydrogen-bond donors (Lipinski definition) is 2. The molecule has 1 heterocycles. The Balaban J connectivity index is 2.12. The van der Waals surface area contributed by atoms with Gasteiger partial charge in [-0.1, -0.05) is 48.9 Å². The third-order valence-corrected chi connectivity index (χ3v) is 4.28. The Kier molecular flexibility index (Phi) is 6.29. The first-order valence-corrected chi connectivity index (χ1v) is 7.80. The number of benzene rings is 1. The van der Waals surface area contributed by atoms with Crippen LogP contribution in [0.4, 0.5) is 4.39 Å². The number of rotatable bonds is 7. The van der Waals surface area contributed by atoms with E-state index in [0.29, 0.717) is 6.04 Å². The molecule has 0 amide bonds. The van der Waals surface area contributed by atoms with Crippen LogP contribution in [0.3, 0.4) is 0 Å². The van der Waals surface area contributed by atoms with Gasteiger partial charge in [0.05, 0.1) is 6.04 Å². The molecule has 0 spiro atoms. The van der Waals surface area contributed by atoms with E-state index in [1.807, 2.05) is 12.1 Å². The summed E-state index contributed by atoms with van der Waals surface area (Å²) in [6.07, 6.45) is 4.30. The van der Waals surface area contributed by atoms with Crippen molar-refractivity contribution in [1.82, 2.24) is 10.0 Å². The first-order valence-electron chi connectivity index (χ1n) is 6.92. The summed E-state index contributed by atoms with van der Waals surface area (Å²) in [6, 6.07) is 8.04. The smallest absolute Gasteiger partial charge is 0.112 e. The van der Waals surface area contributed by atoms with Gasteiger partial charge in [0.15, 0.2) is 0 Å². The second-order valence-corrected chi connectivity index (χ2v) is 5.59. The quantitative estimate of drug-likeness (QED) is 0.754. The molecule has 0 saturated carbocycles. The standard InChI is InChI=1S/C16H21FN2OS/c1-3-18-15(11-17)16(20-2)13-8-6-12(7-9-13)14-5-4-10-21-19-14/h3-4,6-10,14-16,18-19H,1,5,11H2,2H3. The van der Waals surface area contributed by atoms with E-state index in [1.165, 1.54) is 11.8 Å². The van der Waals surface area contributed by atoms with E-state index in [2.05, 4.69) is 40.2 Å². The molecule has 0 saturated heterocycles. The summed E-state index contributed by atoms with van der Waals surface area (Å²) >= 11 is 1.60. The van der Waals surface area contributed by atoms with Gasteiger partial charge in [-0.3, -0.25) is 4.72 Å². The van der Waals surface area contributed by atoms with Gasteiger partial charge >= 0.3 is 0 Å². The van der Waals surface area contributed by atoms with Crippen LogP contribution in [0.2, 0.25) is 0 Å². The molecule has 3 nitrogen and oxygen atoms in total. The molecule has 1 aliphatic rings. The summed E-state index contributed by atoms with van der Waals surface area (Å²) in [5, 5.41) is 4.95. The largest absolute Gasteiger partial charge is 0.383 e. The Bertz CT molecular complexity index is 478. The molecule has 1 aromatic rings. The molecule has 21 heavy (non-hydrogen) atoms. The molecular formula is C16H21FN2OS. The fraction of sp³-hybridized carbons (Fsp3) is 0.375. The fourth-order valence-electron chi connectivity index (χ4n) is 2.43. The molecular weight excluding hydrogens is 287 g/mol. The molecule has 0 fully saturated rings. The zero-order valence-corrected chi connectivity index (χ0v) is 12.9. The van der Waals surface area contributed by atoms with Gasteiger partial charge in [0, 0.05) is 13.2 Å². The highest BCUT2D eigenvalue weighted by molar-refractivity contribution is 8.00. The number of nitrogens with one attached hydrogen (secondary N) is 2. The van der Waals surface area contributed by atoms with Crippen molar-refractivity contribution >= 4 is 11.9 Å². The zero-order chi connectivity index (χ0) is 15.1. The molecule has 3 unspecified atom stereocenters. The predicted molar refractivity (Wildman–Crippen MR) is 86.5 cm³/mol. The first-order chi connectivity index (χ1) is 10.3. The average molecular weight is 308 g/mol. The van der Waals surface area contributed by atoms with E-state index < -0.39 is 12.7 Å². The van der Waals surface area contributed by atoms with Gasteiger partial charge in [0.1, 0.15) is 12.8 Å². The van der Waals surface area contributed by atoms with E-state index in [4.69, 9.17) is 4.74 Å². The van der Waals surface area contributed by atoms with Crippen molar-refractivity contribution in [3.8, 4) is 0 Å². The maximum atomic E-state index is 13.1. The van der Waals surface area contributed by atoms with Crippen molar-refractivity contribution < 1.29 is 9.13 Å². The highest BCUT2D eigenvalue weighted by Crippen LogP contribution is 2.27. The fourth-order valence-corrected chi connectivity index (χ4v) is 3.11. The summed E-state index contributed by atoms with van der Waals surface area (Å²) in [5.74, 6) is 0. The summed E-state index contributed by atoms with van der Waals surface area (Å²) in [6.45, 7) is 3.07. The van der Waals surface area contributed by atoms with Crippen molar-refractivity contribution in [2.75, 3.05) is 13.8 Å². The lowest BCUT2D eigenvalue weighted by Crippen LogP contribution is -2.34. The zero-order valence-electron chi connectivity index (χ0n) is 12.1. The van der Waals surface area contributed by atoms with Crippen molar-refractivity contribution in [2.45, 2.75) is 24.6 Å². The molecule has 3 atom stereocenters. The van der Waals surface area contributed by atoms with Crippen molar-refractivity contribution in [3.63, 3.8) is 0 Å². The average Bonchev–Trinajstić information content (AvgIpc) is 2.56. The van der Waals surface area contributed by atoms with Crippen molar-refractivity contribution in [2.24, 2.45) is 0 Å². The highest BCUT2D eigenvalue weighted by atomic mass is 32.2. The SMILES string of the molecule is C=CNC(CF)C(OC)c1ccc(C2CC=CSN2)cc1. The van der Waals surface area contributed by atoms with Crippen LogP contribution in [0.15, 0.2) is 48.5 Å². The van der Waals surface area contributed by atoms with Crippen LogP contribution in [0.5, 0.6) is 0 Å². The Hall–Kier alpha value is -1.30. The maximum Gasteiger partial charge on any atom is 0.112 e. The highest BCUT2D eigenvalue weighted by Gasteiger charge is 2.22. The van der Waals surface area contributed by atoms with E-state index in [0.717, 1.165) is 12.0 Å². The number of methoxy groups -OCH3 is 1. The van der Waals surface area contributed by atoms with E-state index in [9.17, 15) is 4.39 Å². The lowest BCUT2D eigenvalue weighted by molar-refractivity contribution is 0.0635. The van der Waals surface area contributed by atoms with E-state index >= 15 is 0 Å². The van der Waals surface area contributed by atoms with Crippen LogP contribution in [-0.4, -0.2) is 19.8 Å². The van der Waals surface area contributed by atoms with E-state index in [-0.39, 0.29) is 6.10 Å².